The summed E-state index contributed by atoms with van der Waals surface area (Å²) in [6.07, 6.45) is 0.138. The molecular formula is C14H18ClNOS. The van der Waals surface area contributed by atoms with Gasteiger partial charge in [-0.2, -0.15) is 0 Å². The summed E-state index contributed by atoms with van der Waals surface area (Å²) >= 11 is 7.71. The molecule has 0 aliphatic carbocycles. The lowest BCUT2D eigenvalue weighted by Crippen LogP contribution is -2.33. The third-order valence-electron chi connectivity index (χ3n) is 3.33. The van der Waals surface area contributed by atoms with Crippen molar-refractivity contribution in [3.63, 3.8) is 0 Å². The van der Waals surface area contributed by atoms with Gasteiger partial charge in [0.05, 0.1) is 16.3 Å². The normalized spacial score (nSPS) is 14.1. The van der Waals surface area contributed by atoms with E-state index < -0.39 is 0 Å². The fourth-order valence-electron chi connectivity index (χ4n) is 1.81. The number of hydrogen-bond donors (Lipinski definition) is 0. The molecule has 0 spiro atoms. The summed E-state index contributed by atoms with van der Waals surface area (Å²) < 4.78 is 6.85. The molecule has 0 aliphatic rings. The van der Waals surface area contributed by atoms with Gasteiger partial charge in [0.2, 0.25) is 0 Å². The van der Waals surface area contributed by atoms with Gasteiger partial charge in [-0.3, -0.25) is 0 Å². The molecule has 0 amide bonds. The molecule has 0 aliphatic heterocycles. The van der Waals surface area contributed by atoms with Crippen molar-refractivity contribution in [1.29, 1.82) is 0 Å². The van der Waals surface area contributed by atoms with Gasteiger partial charge in [0, 0.05) is 17.0 Å². The number of halogens is 1. The van der Waals surface area contributed by atoms with Gasteiger partial charge >= 0.3 is 0 Å². The lowest BCUT2D eigenvalue weighted by Gasteiger charge is -2.29. The first kappa shape index (κ1) is 13.8. The van der Waals surface area contributed by atoms with Crippen molar-refractivity contribution >= 4 is 33.2 Å². The molecule has 2 aromatic rings. The van der Waals surface area contributed by atoms with Crippen LogP contribution >= 0.6 is 22.9 Å². The van der Waals surface area contributed by atoms with Crippen LogP contribution in [-0.4, -0.2) is 17.7 Å². The first-order chi connectivity index (χ1) is 8.45. The maximum absolute atomic E-state index is 6.01. The number of thiazole rings is 1. The number of benzene rings is 1. The van der Waals surface area contributed by atoms with Crippen molar-refractivity contribution in [1.82, 2.24) is 4.98 Å². The zero-order chi connectivity index (χ0) is 13.3. The van der Waals surface area contributed by atoms with Crippen LogP contribution in [0, 0.1) is 0 Å². The molecule has 0 radical (unpaired) electrons. The van der Waals surface area contributed by atoms with Crippen LogP contribution in [0.2, 0.25) is 5.02 Å². The van der Waals surface area contributed by atoms with Gasteiger partial charge in [-0.1, -0.05) is 25.4 Å². The van der Waals surface area contributed by atoms with Crippen LogP contribution in [0.3, 0.4) is 0 Å². The van der Waals surface area contributed by atoms with Crippen LogP contribution in [0.25, 0.3) is 10.2 Å². The van der Waals surface area contributed by atoms with E-state index >= 15 is 0 Å². The van der Waals surface area contributed by atoms with E-state index in [9.17, 15) is 0 Å². The smallest absolute Gasteiger partial charge is 0.102 e. The minimum atomic E-state index is -0.0911. The van der Waals surface area contributed by atoms with Gasteiger partial charge < -0.3 is 4.74 Å². The average Bonchev–Trinajstić information content (AvgIpc) is 2.72. The fraction of sp³-hybridized carbons (Fsp3) is 0.500. The van der Waals surface area contributed by atoms with Gasteiger partial charge in [-0.05, 0) is 32.0 Å². The van der Waals surface area contributed by atoms with Gasteiger partial charge in [0.25, 0.3) is 0 Å². The second kappa shape index (κ2) is 5.16. The van der Waals surface area contributed by atoms with Crippen LogP contribution in [-0.2, 0) is 10.2 Å². The zero-order valence-electron chi connectivity index (χ0n) is 11.2. The molecule has 18 heavy (non-hydrogen) atoms. The first-order valence-electron chi connectivity index (χ1n) is 6.13. The minimum Gasteiger partial charge on any atom is -0.378 e. The molecule has 4 heteroatoms. The maximum atomic E-state index is 6.01. The Hall–Kier alpha value is -0.640. The van der Waals surface area contributed by atoms with Crippen molar-refractivity contribution < 1.29 is 4.74 Å². The summed E-state index contributed by atoms with van der Waals surface area (Å²) in [5.41, 5.74) is 0.919. The molecule has 1 heterocycles. The van der Waals surface area contributed by atoms with E-state index in [1.165, 1.54) is 0 Å². The standard InChI is InChI=1S/C14H18ClNOS/c1-5-17-9(2)14(3,4)13-16-11-7-6-10(15)8-12(11)18-13/h6-9H,5H2,1-4H3. The predicted octanol–water partition coefficient (Wildman–Crippen LogP) is 4.65. The highest BCUT2D eigenvalue weighted by Gasteiger charge is 2.31. The van der Waals surface area contributed by atoms with Gasteiger partial charge in [-0.25, -0.2) is 4.98 Å². The summed E-state index contributed by atoms with van der Waals surface area (Å²) in [6.45, 7) is 9.19. The molecule has 0 saturated carbocycles. The SMILES string of the molecule is CCOC(C)C(C)(C)c1nc2ccc(Cl)cc2s1. The molecule has 1 atom stereocenters. The highest BCUT2D eigenvalue weighted by Crippen LogP contribution is 2.35. The Labute approximate surface area is 117 Å². The Morgan fingerprint density at radius 3 is 2.83 bits per heavy atom. The van der Waals surface area contributed by atoms with E-state index in [-0.39, 0.29) is 11.5 Å². The predicted molar refractivity (Wildman–Crippen MR) is 78.7 cm³/mol. The zero-order valence-corrected chi connectivity index (χ0v) is 12.7. The Morgan fingerprint density at radius 1 is 1.44 bits per heavy atom. The molecule has 2 rings (SSSR count). The highest BCUT2D eigenvalue weighted by molar-refractivity contribution is 7.18. The number of fused-ring (bicyclic) bond motifs is 1. The number of nitrogens with zero attached hydrogens (tertiary/aromatic N) is 1. The molecule has 0 N–H and O–H groups in total. The van der Waals surface area contributed by atoms with Crippen LogP contribution in [0.5, 0.6) is 0 Å². The number of aromatic nitrogens is 1. The van der Waals surface area contributed by atoms with E-state index in [4.69, 9.17) is 21.3 Å². The Bertz CT molecular complexity index is 550. The lowest BCUT2D eigenvalue weighted by molar-refractivity contribution is 0.0276. The monoisotopic (exact) mass is 283 g/mol. The lowest BCUT2D eigenvalue weighted by atomic mass is 9.88. The summed E-state index contributed by atoms with van der Waals surface area (Å²) in [6, 6.07) is 5.82. The maximum Gasteiger partial charge on any atom is 0.102 e. The quantitative estimate of drug-likeness (QED) is 0.815. The highest BCUT2D eigenvalue weighted by atomic mass is 35.5. The largest absolute Gasteiger partial charge is 0.378 e. The van der Waals surface area contributed by atoms with E-state index in [1.54, 1.807) is 11.3 Å². The molecule has 1 aromatic heterocycles. The molecule has 98 valence electrons. The second-order valence-corrected chi connectivity index (χ2v) is 6.42. The Balaban J connectivity index is 2.41. The summed E-state index contributed by atoms with van der Waals surface area (Å²) in [7, 11) is 0. The van der Waals surface area contributed by atoms with Crippen molar-refractivity contribution in [3.05, 3.63) is 28.2 Å². The number of ether oxygens (including phenoxy) is 1. The van der Waals surface area contributed by atoms with E-state index in [0.29, 0.717) is 0 Å². The third kappa shape index (κ3) is 2.53. The van der Waals surface area contributed by atoms with E-state index in [1.807, 2.05) is 25.1 Å². The van der Waals surface area contributed by atoms with Gasteiger partial charge in [0.15, 0.2) is 0 Å². The molecule has 1 unspecified atom stereocenters. The molecule has 2 nitrogen and oxygen atoms in total. The van der Waals surface area contributed by atoms with Crippen molar-refractivity contribution in [2.24, 2.45) is 0 Å². The molecule has 0 fully saturated rings. The van der Waals surface area contributed by atoms with E-state index in [0.717, 1.165) is 26.9 Å². The van der Waals surface area contributed by atoms with Crippen molar-refractivity contribution in [2.75, 3.05) is 6.61 Å². The molecular weight excluding hydrogens is 266 g/mol. The molecule has 0 bridgehead atoms. The van der Waals surface area contributed by atoms with E-state index in [2.05, 4.69) is 20.8 Å². The van der Waals surface area contributed by atoms with Crippen LogP contribution < -0.4 is 0 Å². The van der Waals surface area contributed by atoms with Crippen LogP contribution in [0.1, 0.15) is 32.7 Å². The minimum absolute atomic E-state index is 0.0911. The van der Waals surface area contributed by atoms with Crippen LogP contribution in [0.15, 0.2) is 18.2 Å². The Morgan fingerprint density at radius 2 is 2.17 bits per heavy atom. The number of rotatable bonds is 4. The van der Waals surface area contributed by atoms with Crippen LogP contribution in [0.4, 0.5) is 0 Å². The van der Waals surface area contributed by atoms with Gasteiger partial charge in [0.1, 0.15) is 5.01 Å². The number of hydrogen-bond acceptors (Lipinski definition) is 3. The molecule has 1 aromatic carbocycles. The Kier molecular flexibility index (Phi) is 3.95. The van der Waals surface area contributed by atoms with Crippen molar-refractivity contribution in [2.45, 2.75) is 39.2 Å². The summed E-state index contributed by atoms with van der Waals surface area (Å²) in [5, 5.41) is 1.86. The summed E-state index contributed by atoms with van der Waals surface area (Å²) in [4.78, 5) is 4.71. The third-order valence-corrected chi connectivity index (χ3v) is 4.93. The fourth-order valence-corrected chi connectivity index (χ4v) is 3.23. The molecule has 0 saturated heterocycles. The second-order valence-electron chi connectivity index (χ2n) is 4.95. The topological polar surface area (TPSA) is 22.1 Å². The average molecular weight is 284 g/mol. The summed E-state index contributed by atoms with van der Waals surface area (Å²) in [5.74, 6) is 0. The van der Waals surface area contributed by atoms with Gasteiger partial charge in [-0.15, -0.1) is 11.3 Å². The first-order valence-corrected chi connectivity index (χ1v) is 7.32. The van der Waals surface area contributed by atoms with Crippen molar-refractivity contribution in [3.8, 4) is 0 Å².